The first-order valence-electron chi connectivity index (χ1n) is 5.94. The van der Waals surface area contributed by atoms with Crippen LogP contribution in [-0.4, -0.2) is 48.1 Å². The lowest BCUT2D eigenvalue weighted by Crippen LogP contribution is -2.27. The molecule has 0 bridgehead atoms. The van der Waals surface area contributed by atoms with Crippen LogP contribution in [0.25, 0.3) is 0 Å². The fourth-order valence-electron chi connectivity index (χ4n) is 3.03. The Hall–Kier alpha value is -1.16. The highest BCUT2D eigenvalue weighted by Gasteiger charge is 2.38. The van der Waals surface area contributed by atoms with Crippen molar-refractivity contribution < 1.29 is 0 Å². The summed E-state index contributed by atoms with van der Waals surface area (Å²) >= 11 is 0. The number of likely N-dealkylation sites (tertiary alicyclic amines) is 1. The van der Waals surface area contributed by atoms with Crippen LogP contribution in [0.3, 0.4) is 0 Å². The zero-order valence-corrected chi connectivity index (χ0v) is 9.93. The Bertz CT molecular complexity index is 378. The Balaban J connectivity index is 1.75. The van der Waals surface area contributed by atoms with Crippen LogP contribution in [0.5, 0.6) is 0 Å². The van der Waals surface area contributed by atoms with E-state index >= 15 is 0 Å². The van der Waals surface area contributed by atoms with Crippen LogP contribution in [0.15, 0.2) is 12.4 Å². The molecule has 0 spiro atoms. The lowest BCUT2D eigenvalue weighted by atomic mass is 10.0. The number of fused-ring (bicyclic) bond motifs is 1. The van der Waals surface area contributed by atoms with Crippen molar-refractivity contribution >= 4 is 5.82 Å². The molecule has 4 nitrogen and oxygen atoms in total. The molecule has 1 aromatic rings. The number of hydrogen-bond acceptors (Lipinski definition) is 4. The van der Waals surface area contributed by atoms with Crippen molar-refractivity contribution in [1.29, 1.82) is 0 Å². The van der Waals surface area contributed by atoms with Crippen LogP contribution in [0.4, 0.5) is 5.82 Å². The fourth-order valence-corrected chi connectivity index (χ4v) is 3.03. The lowest BCUT2D eigenvalue weighted by Gasteiger charge is -2.20. The van der Waals surface area contributed by atoms with Gasteiger partial charge in [-0.05, 0) is 25.8 Å². The van der Waals surface area contributed by atoms with Crippen molar-refractivity contribution in [1.82, 2.24) is 14.9 Å². The molecule has 2 atom stereocenters. The third-order valence-electron chi connectivity index (χ3n) is 3.78. The average molecular weight is 218 g/mol. The maximum absolute atomic E-state index is 4.37. The molecule has 4 heteroatoms. The molecule has 0 amide bonds. The van der Waals surface area contributed by atoms with Crippen LogP contribution in [-0.2, 0) is 0 Å². The monoisotopic (exact) mass is 218 g/mol. The van der Waals surface area contributed by atoms with Crippen molar-refractivity contribution in [2.45, 2.75) is 6.92 Å². The second-order valence-corrected chi connectivity index (χ2v) is 5.16. The standard InChI is InChI=1S/C12H18N4/c1-9-3-12(14-8-13-9)16-6-10-4-15(2)5-11(10)7-16/h3,8,10-11H,4-7H2,1-2H3. The summed E-state index contributed by atoms with van der Waals surface area (Å²) in [7, 11) is 2.22. The van der Waals surface area contributed by atoms with Crippen molar-refractivity contribution in [3.8, 4) is 0 Å². The highest BCUT2D eigenvalue weighted by atomic mass is 15.3. The van der Waals surface area contributed by atoms with E-state index in [-0.39, 0.29) is 0 Å². The van der Waals surface area contributed by atoms with Crippen LogP contribution in [0.1, 0.15) is 5.69 Å². The van der Waals surface area contributed by atoms with Crippen molar-refractivity contribution in [3.63, 3.8) is 0 Å². The van der Waals surface area contributed by atoms with Crippen molar-refractivity contribution in [2.24, 2.45) is 11.8 Å². The molecule has 0 N–H and O–H groups in total. The number of anilines is 1. The minimum Gasteiger partial charge on any atom is -0.356 e. The summed E-state index contributed by atoms with van der Waals surface area (Å²) in [5, 5.41) is 0. The van der Waals surface area contributed by atoms with Crippen LogP contribution >= 0.6 is 0 Å². The Morgan fingerprint density at radius 2 is 1.81 bits per heavy atom. The van der Waals surface area contributed by atoms with Gasteiger partial charge in [-0.1, -0.05) is 0 Å². The molecule has 16 heavy (non-hydrogen) atoms. The van der Waals surface area contributed by atoms with E-state index in [4.69, 9.17) is 0 Å². The summed E-state index contributed by atoms with van der Waals surface area (Å²) in [6.07, 6.45) is 1.67. The van der Waals surface area contributed by atoms with Gasteiger partial charge in [-0.3, -0.25) is 0 Å². The minimum absolute atomic E-state index is 0.834. The van der Waals surface area contributed by atoms with Gasteiger partial charge in [0, 0.05) is 37.9 Å². The molecule has 2 saturated heterocycles. The number of aromatic nitrogens is 2. The van der Waals surface area contributed by atoms with Gasteiger partial charge < -0.3 is 9.80 Å². The quantitative estimate of drug-likeness (QED) is 0.697. The lowest BCUT2D eigenvalue weighted by molar-refractivity contribution is 0.387. The largest absolute Gasteiger partial charge is 0.356 e. The van der Waals surface area contributed by atoms with E-state index < -0.39 is 0 Å². The van der Waals surface area contributed by atoms with Crippen LogP contribution in [0, 0.1) is 18.8 Å². The van der Waals surface area contributed by atoms with Crippen LogP contribution < -0.4 is 4.90 Å². The normalized spacial score (nSPS) is 29.8. The zero-order chi connectivity index (χ0) is 11.1. The molecular weight excluding hydrogens is 200 g/mol. The van der Waals surface area contributed by atoms with Gasteiger partial charge in [0.2, 0.25) is 0 Å². The van der Waals surface area contributed by atoms with Gasteiger partial charge in [-0.25, -0.2) is 9.97 Å². The molecule has 2 aliphatic heterocycles. The van der Waals surface area contributed by atoms with Gasteiger partial charge >= 0.3 is 0 Å². The minimum atomic E-state index is 0.834. The predicted molar refractivity (Wildman–Crippen MR) is 63.5 cm³/mol. The van der Waals surface area contributed by atoms with E-state index in [9.17, 15) is 0 Å². The molecular formula is C12H18N4. The summed E-state index contributed by atoms with van der Waals surface area (Å²) in [5.74, 6) is 2.77. The van der Waals surface area contributed by atoms with Crippen molar-refractivity contribution in [3.05, 3.63) is 18.1 Å². The average Bonchev–Trinajstić information content (AvgIpc) is 2.74. The van der Waals surface area contributed by atoms with Gasteiger partial charge in [-0.2, -0.15) is 0 Å². The topological polar surface area (TPSA) is 32.3 Å². The Morgan fingerprint density at radius 1 is 1.12 bits per heavy atom. The number of rotatable bonds is 1. The molecule has 0 aliphatic carbocycles. The summed E-state index contributed by atoms with van der Waals surface area (Å²) < 4.78 is 0. The molecule has 3 rings (SSSR count). The van der Waals surface area contributed by atoms with Gasteiger partial charge in [0.25, 0.3) is 0 Å². The number of aryl methyl sites for hydroxylation is 1. The molecule has 2 unspecified atom stereocenters. The fraction of sp³-hybridized carbons (Fsp3) is 0.667. The molecule has 0 aromatic carbocycles. The third kappa shape index (κ3) is 1.67. The molecule has 3 heterocycles. The van der Waals surface area contributed by atoms with Gasteiger partial charge in [0.1, 0.15) is 12.1 Å². The smallest absolute Gasteiger partial charge is 0.132 e. The first-order valence-corrected chi connectivity index (χ1v) is 5.94. The van der Waals surface area contributed by atoms with E-state index in [0.717, 1.165) is 36.4 Å². The maximum Gasteiger partial charge on any atom is 0.132 e. The molecule has 2 aliphatic rings. The second-order valence-electron chi connectivity index (χ2n) is 5.16. The highest BCUT2D eigenvalue weighted by molar-refractivity contribution is 5.40. The summed E-state index contributed by atoms with van der Waals surface area (Å²) in [6.45, 7) is 6.82. The summed E-state index contributed by atoms with van der Waals surface area (Å²) in [5.41, 5.74) is 1.05. The molecule has 2 fully saturated rings. The number of hydrogen-bond donors (Lipinski definition) is 0. The van der Waals surface area contributed by atoms with E-state index in [1.165, 1.54) is 13.1 Å². The van der Waals surface area contributed by atoms with E-state index in [2.05, 4.69) is 32.9 Å². The first kappa shape index (κ1) is 10.0. The number of nitrogens with zero attached hydrogens (tertiary/aromatic N) is 4. The Kier molecular flexibility index (Phi) is 2.32. The first-order chi connectivity index (χ1) is 7.72. The molecule has 1 aromatic heterocycles. The van der Waals surface area contributed by atoms with E-state index in [1.807, 2.05) is 6.92 Å². The van der Waals surface area contributed by atoms with E-state index in [1.54, 1.807) is 6.33 Å². The van der Waals surface area contributed by atoms with Crippen LogP contribution in [0.2, 0.25) is 0 Å². The predicted octanol–water partition coefficient (Wildman–Crippen LogP) is 0.783. The molecule has 0 saturated carbocycles. The summed E-state index contributed by atoms with van der Waals surface area (Å²) in [4.78, 5) is 13.4. The maximum atomic E-state index is 4.37. The van der Waals surface area contributed by atoms with Crippen molar-refractivity contribution in [2.75, 3.05) is 38.1 Å². The van der Waals surface area contributed by atoms with Gasteiger partial charge in [0.15, 0.2) is 0 Å². The SMILES string of the molecule is Cc1cc(N2CC3CN(C)CC3C2)ncn1. The second kappa shape index (κ2) is 3.70. The Morgan fingerprint density at radius 3 is 2.44 bits per heavy atom. The zero-order valence-electron chi connectivity index (χ0n) is 9.93. The third-order valence-corrected chi connectivity index (χ3v) is 3.78. The molecule has 86 valence electrons. The van der Waals surface area contributed by atoms with E-state index in [0.29, 0.717) is 0 Å². The van der Waals surface area contributed by atoms with Gasteiger partial charge in [0.05, 0.1) is 0 Å². The highest BCUT2D eigenvalue weighted by Crippen LogP contribution is 2.32. The molecule has 0 radical (unpaired) electrons. The Labute approximate surface area is 96.3 Å². The summed E-state index contributed by atoms with van der Waals surface area (Å²) in [6, 6.07) is 2.09. The van der Waals surface area contributed by atoms with Gasteiger partial charge in [-0.15, -0.1) is 0 Å².